The molecule has 0 saturated heterocycles. The summed E-state index contributed by atoms with van der Waals surface area (Å²) in [5.74, 6) is -1.93. The number of hydrogen-bond acceptors (Lipinski definition) is 6. The van der Waals surface area contributed by atoms with Crippen molar-refractivity contribution >= 4 is 76.0 Å². The van der Waals surface area contributed by atoms with Gasteiger partial charge in [-0.1, -0.05) is 88.3 Å². The molecule has 0 spiro atoms. The first-order valence-corrected chi connectivity index (χ1v) is 12.1. The van der Waals surface area contributed by atoms with Crippen LogP contribution in [-0.4, -0.2) is 29.7 Å². The minimum Gasteiger partial charge on any atom is -0.461 e. The quantitative estimate of drug-likeness (QED) is 0.152. The van der Waals surface area contributed by atoms with Crippen molar-refractivity contribution in [1.82, 2.24) is 5.32 Å². The fourth-order valence-electron chi connectivity index (χ4n) is 2.62. The Morgan fingerprint density at radius 3 is 1.97 bits per heavy atom. The van der Waals surface area contributed by atoms with Gasteiger partial charge >= 0.3 is 18.0 Å². The van der Waals surface area contributed by atoms with E-state index in [1.807, 2.05) is 18.2 Å². The van der Waals surface area contributed by atoms with Gasteiger partial charge in [0.25, 0.3) is 0 Å². The highest BCUT2D eigenvalue weighted by molar-refractivity contribution is 6.55. The van der Waals surface area contributed by atoms with Gasteiger partial charge < -0.3 is 19.5 Å². The second kappa shape index (κ2) is 12.9. The maximum Gasteiger partial charge on any atom is 0.408 e. The number of halogens is 5. The van der Waals surface area contributed by atoms with Gasteiger partial charge in [0.15, 0.2) is 5.75 Å². The van der Waals surface area contributed by atoms with E-state index in [0.717, 1.165) is 5.56 Å². The molecule has 0 aromatic heterocycles. The van der Waals surface area contributed by atoms with E-state index in [1.54, 1.807) is 32.9 Å². The summed E-state index contributed by atoms with van der Waals surface area (Å²) in [5.41, 5.74) is -0.0405. The Bertz CT molecular complexity index is 1060. The molecule has 2 aromatic rings. The zero-order valence-electron chi connectivity index (χ0n) is 18.9. The van der Waals surface area contributed by atoms with Crippen LogP contribution in [0.5, 0.6) is 5.75 Å². The maximum atomic E-state index is 12.9. The van der Waals surface area contributed by atoms with Crippen LogP contribution < -0.4 is 10.1 Å². The Morgan fingerprint density at radius 2 is 1.43 bits per heavy atom. The fourth-order valence-corrected chi connectivity index (χ4v) is 3.82. The second-order valence-corrected chi connectivity index (χ2v) is 10.1. The van der Waals surface area contributed by atoms with Crippen molar-refractivity contribution in [3.8, 4) is 5.75 Å². The molecule has 0 aliphatic heterocycles. The molecule has 1 atom stereocenters. The van der Waals surface area contributed by atoms with Gasteiger partial charge in [-0.25, -0.2) is 9.59 Å². The molecule has 0 fully saturated rings. The van der Waals surface area contributed by atoms with E-state index >= 15 is 0 Å². The van der Waals surface area contributed by atoms with Crippen LogP contribution >= 0.6 is 58.0 Å². The minimum absolute atomic E-state index is 0.0568. The highest BCUT2D eigenvalue weighted by Crippen LogP contribution is 2.48. The number of hydrogen-bond donors (Lipinski definition) is 1. The summed E-state index contributed by atoms with van der Waals surface area (Å²) >= 11 is 30.2. The van der Waals surface area contributed by atoms with Crippen molar-refractivity contribution in [1.29, 1.82) is 0 Å². The Labute approximate surface area is 227 Å². The van der Waals surface area contributed by atoms with E-state index in [4.69, 9.17) is 72.2 Å². The lowest BCUT2D eigenvalue weighted by Gasteiger charge is -2.23. The largest absolute Gasteiger partial charge is 0.461 e. The molecule has 0 radical (unpaired) electrons. The highest BCUT2D eigenvalue weighted by Gasteiger charge is 2.30. The third kappa shape index (κ3) is 8.92. The van der Waals surface area contributed by atoms with Crippen molar-refractivity contribution < 1.29 is 28.6 Å². The summed E-state index contributed by atoms with van der Waals surface area (Å²) in [7, 11) is 0. The molecule has 0 bridgehead atoms. The Kier molecular flexibility index (Phi) is 10.8. The van der Waals surface area contributed by atoms with Gasteiger partial charge in [-0.15, -0.1) is 0 Å². The molecule has 2 rings (SSSR count). The summed E-state index contributed by atoms with van der Waals surface area (Å²) in [6, 6.07) is 7.73. The third-order valence-corrected chi connectivity index (χ3v) is 6.47. The van der Waals surface area contributed by atoms with Gasteiger partial charge in [0, 0.05) is 6.42 Å². The molecular weight excluding hydrogens is 564 g/mol. The van der Waals surface area contributed by atoms with Crippen LogP contribution in [0.3, 0.4) is 0 Å². The van der Waals surface area contributed by atoms with Crippen LogP contribution in [0.1, 0.15) is 39.2 Å². The molecule has 1 N–H and O–H groups in total. The van der Waals surface area contributed by atoms with Gasteiger partial charge in [0.05, 0.1) is 15.1 Å². The molecule has 190 valence electrons. The van der Waals surface area contributed by atoms with Gasteiger partial charge in [-0.3, -0.25) is 4.79 Å². The first kappa shape index (κ1) is 29.3. The number of amides is 1. The summed E-state index contributed by atoms with van der Waals surface area (Å²) in [4.78, 5) is 37.5. The van der Waals surface area contributed by atoms with Crippen molar-refractivity contribution in [3.63, 3.8) is 0 Å². The number of alkyl carbamates (subject to hydrolysis) is 1. The van der Waals surface area contributed by atoms with E-state index < -0.39 is 29.7 Å². The van der Waals surface area contributed by atoms with Crippen molar-refractivity contribution in [3.05, 3.63) is 61.0 Å². The van der Waals surface area contributed by atoms with E-state index in [9.17, 15) is 14.4 Å². The van der Waals surface area contributed by atoms with Gasteiger partial charge in [-0.05, 0) is 32.8 Å². The van der Waals surface area contributed by atoms with Crippen LogP contribution in [0.25, 0.3) is 0 Å². The lowest BCUT2D eigenvalue weighted by molar-refractivity contribution is -0.145. The van der Waals surface area contributed by atoms with E-state index in [-0.39, 0.29) is 50.3 Å². The molecule has 12 heteroatoms. The summed E-state index contributed by atoms with van der Waals surface area (Å²) in [5, 5.41) is 1.41. The normalized spacial score (nSPS) is 12.0. The lowest BCUT2D eigenvalue weighted by Crippen LogP contribution is -2.45. The smallest absolute Gasteiger partial charge is 0.408 e. The second-order valence-electron chi connectivity index (χ2n) is 8.20. The number of carbonyl (C=O) groups excluding carboxylic acids is 3. The number of esters is 2. The molecule has 1 amide bonds. The first-order valence-electron chi connectivity index (χ1n) is 10.2. The zero-order valence-corrected chi connectivity index (χ0v) is 22.7. The van der Waals surface area contributed by atoms with E-state index in [0.29, 0.717) is 0 Å². The summed E-state index contributed by atoms with van der Waals surface area (Å²) in [6.45, 7) is 5.01. The monoisotopic (exact) mass is 583 g/mol. The topological polar surface area (TPSA) is 90.9 Å². The number of nitrogens with one attached hydrogen (secondary N) is 1. The molecule has 35 heavy (non-hydrogen) atoms. The summed E-state index contributed by atoms with van der Waals surface area (Å²) < 4.78 is 15.7. The van der Waals surface area contributed by atoms with Crippen LogP contribution in [-0.2, 0) is 25.7 Å². The predicted octanol–water partition coefficient (Wildman–Crippen LogP) is 7.28. The molecule has 0 aliphatic rings. The molecule has 0 saturated carbocycles. The molecule has 2 aromatic carbocycles. The highest BCUT2D eigenvalue weighted by atomic mass is 35.5. The average molecular weight is 586 g/mol. The Morgan fingerprint density at radius 1 is 0.886 bits per heavy atom. The lowest BCUT2D eigenvalue weighted by atomic mass is 10.1. The standard InChI is InChI=1S/C23H22Cl5NO6/c1-23(2,3)35-22(32)29-13(9-10-14(30)33-11-12-7-5-4-6-8-12)21(31)34-20-18(27)16(25)15(24)17(26)19(20)28/h4-8,13H,9-11H2,1-3H3,(H,29,32)/t13-/m1/s1. The molecule has 7 nitrogen and oxygen atoms in total. The van der Waals surface area contributed by atoms with E-state index in [1.165, 1.54) is 0 Å². The van der Waals surface area contributed by atoms with Gasteiger partial charge in [0.1, 0.15) is 28.3 Å². The minimum atomic E-state index is -1.32. The molecule has 0 heterocycles. The fraction of sp³-hybridized carbons (Fsp3) is 0.348. The molecule has 0 unspecified atom stereocenters. The van der Waals surface area contributed by atoms with Crippen LogP contribution in [0, 0.1) is 0 Å². The van der Waals surface area contributed by atoms with Crippen LogP contribution in [0.2, 0.25) is 25.1 Å². The Balaban J connectivity index is 2.15. The SMILES string of the molecule is CC(C)(C)OC(=O)N[C@H](CCC(=O)OCc1ccccc1)C(=O)Oc1c(Cl)c(Cl)c(Cl)c(Cl)c1Cl. The number of carbonyl (C=O) groups is 3. The molecular formula is C23H22Cl5NO6. The summed E-state index contributed by atoms with van der Waals surface area (Å²) in [6.07, 6.45) is -1.29. The average Bonchev–Trinajstić information content (AvgIpc) is 2.79. The maximum absolute atomic E-state index is 12.9. The molecule has 0 aliphatic carbocycles. The number of ether oxygens (including phenoxy) is 3. The zero-order chi connectivity index (χ0) is 26.3. The van der Waals surface area contributed by atoms with Crippen molar-refractivity contribution in [2.45, 2.75) is 51.9 Å². The van der Waals surface area contributed by atoms with E-state index in [2.05, 4.69) is 5.32 Å². The van der Waals surface area contributed by atoms with Gasteiger partial charge in [0.2, 0.25) is 0 Å². The third-order valence-electron chi connectivity index (χ3n) is 4.23. The number of rotatable bonds is 8. The number of benzene rings is 2. The predicted molar refractivity (Wildman–Crippen MR) is 136 cm³/mol. The van der Waals surface area contributed by atoms with Crippen LogP contribution in [0.4, 0.5) is 4.79 Å². The van der Waals surface area contributed by atoms with Gasteiger partial charge in [-0.2, -0.15) is 0 Å². The van der Waals surface area contributed by atoms with Crippen molar-refractivity contribution in [2.24, 2.45) is 0 Å². The van der Waals surface area contributed by atoms with Crippen LogP contribution in [0.15, 0.2) is 30.3 Å². The first-order chi connectivity index (χ1) is 16.3. The van der Waals surface area contributed by atoms with Crippen molar-refractivity contribution in [2.75, 3.05) is 0 Å². The Hall–Kier alpha value is -1.90.